The molecule has 70 heavy (non-hydrogen) atoms. The van der Waals surface area contributed by atoms with Gasteiger partial charge in [-0.05, 0) is 44.9 Å². The molecule has 0 aromatic rings. The van der Waals surface area contributed by atoms with Gasteiger partial charge in [0.15, 0.2) is 6.10 Å². The molecule has 0 bridgehead atoms. The first-order chi connectivity index (χ1) is 34.6. The minimum absolute atomic E-state index is 0.0618. The molecule has 414 valence electrons. The molecule has 0 aliphatic carbocycles. The molecule has 0 aromatic carbocycles. The third-order valence-electron chi connectivity index (χ3n) is 14.7. The van der Waals surface area contributed by atoms with Crippen LogP contribution in [0.2, 0.25) is 0 Å². The average molecular weight is 986 g/mol. The van der Waals surface area contributed by atoms with E-state index in [4.69, 9.17) is 9.47 Å². The molecule has 1 N–H and O–H groups in total. The maximum Gasteiger partial charge on any atom is 0.306 e. The number of hydrogen-bond donors (Lipinski definition) is 1. The third kappa shape index (κ3) is 58.9. The molecular weight excluding hydrogens is 861 g/mol. The first kappa shape index (κ1) is 68.4. The molecule has 1 atom stereocenters. The van der Waals surface area contributed by atoms with E-state index in [2.05, 4.69) is 38.2 Å². The number of rotatable bonds is 60. The molecule has 0 radical (unpaired) electrons. The van der Waals surface area contributed by atoms with Gasteiger partial charge in [-0.1, -0.05) is 327 Å². The van der Waals surface area contributed by atoms with Gasteiger partial charge in [-0.15, -0.1) is 0 Å². The SMILES string of the molecule is CCCCCCC/C=C\C/C=C\CCCCCCCCCCCC(=O)OC(CO)COC(=O)CCCCCCCCCCCCCCCCCCCCCCCCCCCCCCCCCCCCC. The van der Waals surface area contributed by atoms with Crippen LogP contribution in [-0.2, 0) is 19.1 Å². The lowest BCUT2D eigenvalue weighted by molar-refractivity contribution is -0.161. The van der Waals surface area contributed by atoms with E-state index in [-0.39, 0.29) is 25.2 Å². The number of unbranched alkanes of at least 4 members (excludes halogenated alkanes) is 48. The highest BCUT2D eigenvalue weighted by molar-refractivity contribution is 5.70. The molecule has 0 heterocycles. The molecule has 0 aliphatic heterocycles. The van der Waals surface area contributed by atoms with Crippen molar-refractivity contribution in [2.75, 3.05) is 13.2 Å². The lowest BCUT2D eigenvalue weighted by Crippen LogP contribution is -2.28. The van der Waals surface area contributed by atoms with Gasteiger partial charge in [-0.2, -0.15) is 0 Å². The number of aliphatic hydroxyl groups is 1. The van der Waals surface area contributed by atoms with Crippen molar-refractivity contribution in [1.82, 2.24) is 0 Å². The van der Waals surface area contributed by atoms with Crippen LogP contribution < -0.4 is 0 Å². The minimum atomic E-state index is -0.772. The van der Waals surface area contributed by atoms with Gasteiger partial charge in [-0.3, -0.25) is 9.59 Å². The highest BCUT2D eigenvalue weighted by Gasteiger charge is 2.16. The fraction of sp³-hybridized carbons (Fsp3) is 0.908. The predicted molar refractivity (Wildman–Crippen MR) is 307 cm³/mol. The van der Waals surface area contributed by atoms with Crippen LogP contribution in [0.4, 0.5) is 0 Å². The van der Waals surface area contributed by atoms with Gasteiger partial charge in [0.2, 0.25) is 0 Å². The maximum atomic E-state index is 12.3. The molecule has 5 heteroatoms. The summed E-state index contributed by atoms with van der Waals surface area (Å²) >= 11 is 0. The van der Waals surface area contributed by atoms with E-state index < -0.39 is 6.10 Å². The molecule has 0 spiro atoms. The third-order valence-corrected chi connectivity index (χ3v) is 14.7. The monoisotopic (exact) mass is 985 g/mol. The highest BCUT2D eigenvalue weighted by Crippen LogP contribution is 2.18. The van der Waals surface area contributed by atoms with Crippen molar-refractivity contribution in [3.63, 3.8) is 0 Å². The Hall–Kier alpha value is -1.62. The van der Waals surface area contributed by atoms with Crippen molar-refractivity contribution < 1.29 is 24.2 Å². The number of allylic oxidation sites excluding steroid dienone is 4. The van der Waals surface area contributed by atoms with E-state index in [9.17, 15) is 14.7 Å². The molecule has 0 amide bonds. The van der Waals surface area contributed by atoms with E-state index in [1.807, 2.05) is 0 Å². The molecule has 0 saturated heterocycles. The molecule has 0 rings (SSSR count). The zero-order valence-electron chi connectivity index (χ0n) is 47.6. The zero-order valence-corrected chi connectivity index (χ0v) is 47.6. The van der Waals surface area contributed by atoms with Crippen LogP contribution in [0.25, 0.3) is 0 Å². The summed E-state index contributed by atoms with van der Waals surface area (Å²) in [4.78, 5) is 24.6. The van der Waals surface area contributed by atoms with Crippen LogP contribution in [0.1, 0.15) is 361 Å². The molecule has 0 saturated carbocycles. The predicted octanol–water partition coefficient (Wildman–Crippen LogP) is 21.7. The summed E-state index contributed by atoms with van der Waals surface area (Å²) in [6.45, 7) is 4.18. The van der Waals surface area contributed by atoms with Crippen molar-refractivity contribution in [1.29, 1.82) is 0 Å². The second kappa shape index (κ2) is 61.7. The van der Waals surface area contributed by atoms with E-state index >= 15 is 0 Å². The average Bonchev–Trinajstić information content (AvgIpc) is 3.36. The summed E-state index contributed by atoms with van der Waals surface area (Å²) < 4.78 is 10.7. The Labute approximate surface area is 438 Å². The van der Waals surface area contributed by atoms with Crippen LogP contribution in [0.5, 0.6) is 0 Å². The van der Waals surface area contributed by atoms with Gasteiger partial charge in [0.1, 0.15) is 6.61 Å². The summed E-state index contributed by atoms with van der Waals surface area (Å²) in [5.74, 6) is -0.575. The van der Waals surface area contributed by atoms with Crippen LogP contribution >= 0.6 is 0 Å². The van der Waals surface area contributed by atoms with Gasteiger partial charge in [0.05, 0.1) is 6.61 Å². The topological polar surface area (TPSA) is 72.8 Å². The molecular formula is C65H124O5. The second-order valence-corrected chi connectivity index (χ2v) is 21.9. The van der Waals surface area contributed by atoms with Crippen molar-refractivity contribution in [3.05, 3.63) is 24.3 Å². The van der Waals surface area contributed by atoms with E-state index in [1.165, 1.54) is 295 Å². The number of carbonyl (C=O) groups excluding carboxylic acids is 2. The largest absolute Gasteiger partial charge is 0.462 e. The van der Waals surface area contributed by atoms with Gasteiger partial charge >= 0.3 is 11.9 Å². The summed E-state index contributed by atoms with van der Waals surface area (Å²) in [5, 5.41) is 9.67. The lowest BCUT2D eigenvalue weighted by atomic mass is 10.0. The number of esters is 2. The van der Waals surface area contributed by atoms with Crippen molar-refractivity contribution >= 4 is 11.9 Å². The maximum absolute atomic E-state index is 12.3. The zero-order chi connectivity index (χ0) is 50.6. The molecule has 5 nitrogen and oxygen atoms in total. The number of ether oxygens (including phenoxy) is 2. The Kier molecular flexibility index (Phi) is 60.3. The Balaban J connectivity index is 3.38. The van der Waals surface area contributed by atoms with E-state index in [1.54, 1.807) is 0 Å². The quantitative estimate of drug-likeness (QED) is 0.0373. The van der Waals surface area contributed by atoms with Gasteiger partial charge < -0.3 is 14.6 Å². The fourth-order valence-electron chi connectivity index (χ4n) is 9.94. The highest BCUT2D eigenvalue weighted by atomic mass is 16.6. The fourth-order valence-corrected chi connectivity index (χ4v) is 9.94. The minimum Gasteiger partial charge on any atom is -0.462 e. The first-order valence-corrected chi connectivity index (χ1v) is 31.9. The van der Waals surface area contributed by atoms with Crippen LogP contribution in [0.15, 0.2) is 24.3 Å². The Bertz CT molecular complexity index is 1070. The van der Waals surface area contributed by atoms with Crippen molar-refractivity contribution in [2.24, 2.45) is 0 Å². The number of hydrogen-bond acceptors (Lipinski definition) is 5. The normalized spacial score (nSPS) is 12.2. The molecule has 0 fully saturated rings. The summed E-state index contributed by atoms with van der Waals surface area (Å²) in [7, 11) is 0. The molecule has 0 aromatic heterocycles. The first-order valence-electron chi connectivity index (χ1n) is 31.9. The Morgan fingerprint density at radius 2 is 0.571 bits per heavy atom. The molecule has 0 aliphatic rings. The number of aliphatic hydroxyl groups excluding tert-OH is 1. The lowest BCUT2D eigenvalue weighted by Gasteiger charge is -2.15. The van der Waals surface area contributed by atoms with Crippen molar-refractivity contribution in [2.45, 2.75) is 367 Å². The summed E-state index contributed by atoms with van der Waals surface area (Å²) in [6, 6.07) is 0. The van der Waals surface area contributed by atoms with Crippen molar-refractivity contribution in [3.8, 4) is 0 Å². The summed E-state index contributed by atoms with van der Waals surface area (Å²) in [5.41, 5.74) is 0. The van der Waals surface area contributed by atoms with Crippen LogP contribution in [0, 0.1) is 0 Å². The Morgan fingerprint density at radius 1 is 0.329 bits per heavy atom. The summed E-state index contributed by atoms with van der Waals surface area (Å²) in [6.07, 6.45) is 79.1. The van der Waals surface area contributed by atoms with Gasteiger partial charge in [0.25, 0.3) is 0 Å². The van der Waals surface area contributed by atoms with E-state index in [0.29, 0.717) is 12.8 Å². The number of carbonyl (C=O) groups is 2. The van der Waals surface area contributed by atoms with Gasteiger partial charge in [0, 0.05) is 12.8 Å². The van der Waals surface area contributed by atoms with Gasteiger partial charge in [-0.25, -0.2) is 0 Å². The standard InChI is InChI=1S/C65H124O5/c1-3-5-7-9-11-13-15-17-19-21-23-25-26-27-28-29-30-31-32-33-34-35-36-37-38-40-41-43-45-47-49-51-53-55-57-59-64(67)69-62-63(61-66)70-65(68)60-58-56-54-52-50-48-46-44-42-39-24-22-20-18-16-14-12-10-8-6-4-2/h16,18,22,24,63,66H,3-15,17,19-21,23,25-62H2,1-2H3/b18-16-,24-22-. The van der Waals surface area contributed by atoms with E-state index in [0.717, 1.165) is 38.5 Å². The second-order valence-electron chi connectivity index (χ2n) is 21.9. The molecule has 1 unspecified atom stereocenters. The Morgan fingerprint density at radius 3 is 0.843 bits per heavy atom. The smallest absolute Gasteiger partial charge is 0.306 e. The van der Waals surface area contributed by atoms with Crippen LogP contribution in [0.3, 0.4) is 0 Å². The van der Waals surface area contributed by atoms with Crippen LogP contribution in [-0.4, -0.2) is 36.4 Å².